The molecule has 0 unspecified atom stereocenters. The molecule has 0 radical (unpaired) electrons. The van der Waals surface area contributed by atoms with Gasteiger partial charge in [0.2, 0.25) is 5.90 Å². The van der Waals surface area contributed by atoms with Gasteiger partial charge in [-0.2, -0.15) is 3.21 Å². The van der Waals surface area contributed by atoms with E-state index in [1.54, 1.807) is 35.4 Å². The van der Waals surface area contributed by atoms with Crippen molar-refractivity contribution in [2.45, 2.75) is 0 Å². The molecule has 3 nitrogen and oxygen atoms in total. The summed E-state index contributed by atoms with van der Waals surface area (Å²) in [5.74, 6) is 0.583. The molecule has 0 bridgehead atoms. The third kappa shape index (κ3) is 2.55. The Labute approximate surface area is 92.5 Å². The summed E-state index contributed by atoms with van der Waals surface area (Å²) in [5, 5.41) is 0. The highest BCUT2D eigenvalue weighted by Gasteiger charge is 2.01. The van der Waals surface area contributed by atoms with Crippen LogP contribution in [0.5, 0.6) is 0 Å². The third-order valence-corrected chi connectivity index (χ3v) is 1.91. The van der Waals surface area contributed by atoms with Crippen LogP contribution >= 0.6 is 45.9 Å². The van der Waals surface area contributed by atoms with E-state index in [0.717, 1.165) is 5.56 Å². The molecule has 5 heteroatoms. The van der Waals surface area contributed by atoms with E-state index in [4.69, 9.17) is 3.07 Å². The van der Waals surface area contributed by atoms with Crippen molar-refractivity contribution in [1.29, 1.82) is 0 Å². The Kier molecular flexibility index (Phi) is 4.05. The predicted octanol–water partition coefficient (Wildman–Crippen LogP) is 2.54. The van der Waals surface area contributed by atoms with Crippen LogP contribution in [0.3, 0.4) is 0 Å². The summed E-state index contributed by atoms with van der Waals surface area (Å²) in [6, 6.07) is 3.73. The Balaban J connectivity index is 2.92. The highest BCUT2D eigenvalue weighted by molar-refractivity contribution is 14.1. The number of hydrogen-bond donors (Lipinski definition) is 0. The molecule has 1 rings (SSSR count). The summed E-state index contributed by atoms with van der Waals surface area (Å²) >= 11 is 3.67. The van der Waals surface area contributed by atoms with Crippen molar-refractivity contribution < 1.29 is 3.07 Å². The van der Waals surface area contributed by atoms with Crippen molar-refractivity contribution in [3.8, 4) is 0 Å². The van der Waals surface area contributed by atoms with Crippen LogP contribution in [-0.2, 0) is 3.07 Å². The lowest BCUT2D eigenvalue weighted by Gasteiger charge is -1.97. The van der Waals surface area contributed by atoms with Gasteiger partial charge in [0.05, 0.1) is 28.4 Å². The number of rotatable bonds is 1. The molecule has 0 spiro atoms. The predicted molar refractivity (Wildman–Crippen MR) is 59.9 cm³/mol. The molecule has 0 aliphatic heterocycles. The molecule has 0 saturated heterocycles. The normalized spacial score (nSPS) is 11.3. The van der Waals surface area contributed by atoms with Gasteiger partial charge in [0, 0.05) is 12.4 Å². The average molecular weight is 374 g/mol. The number of halogens is 2. The molecule has 0 aromatic carbocycles. The summed E-state index contributed by atoms with van der Waals surface area (Å²) in [5.41, 5.74) is 0.885. The van der Waals surface area contributed by atoms with Crippen molar-refractivity contribution in [2.24, 2.45) is 3.21 Å². The third-order valence-electron chi connectivity index (χ3n) is 1.06. The molecule has 0 atom stereocenters. The summed E-state index contributed by atoms with van der Waals surface area (Å²) in [7, 11) is 0. The minimum Gasteiger partial charge on any atom is -0.407 e. The van der Waals surface area contributed by atoms with Gasteiger partial charge >= 0.3 is 0 Å². The molecule has 0 N–H and O–H groups in total. The van der Waals surface area contributed by atoms with Crippen LogP contribution in [-0.4, -0.2) is 10.9 Å². The van der Waals surface area contributed by atoms with E-state index in [1.165, 1.54) is 0 Å². The average Bonchev–Trinajstić information content (AvgIpc) is 2.09. The Hall–Kier alpha value is 0.0800. The van der Waals surface area contributed by atoms with Gasteiger partial charge in [-0.1, -0.05) is 0 Å². The highest BCUT2D eigenvalue weighted by atomic mass is 127. The zero-order chi connectivity index (χ0) is 8.10. The fraction of sp³-hybridized carbons (Fsp3) is 0. The molecular weight excluding hydrogens is 370 g/mol. The maximum Gasteiger partial charge on any atom is 0.238 e. The second-order valence-electron chi connectivity index (χ2n) is 1.71. The summed E-state index contributed by atoms with van der Waals surface area (Å²) < 4.78 is 8.85. The van der Waals surface area contributed by atoms with Crippen molar-refractivity contribution in [3.63, 3.8) is 0 Å². The maximum absolute atomic E-state index is 4.96. The monoisotopic (exact) mass is 374 g/mol. The molecule has 0 aliphatic carbocycles. The van der Waals surface area contributed by atoms with E-state index in [-0.39, 0.29) is 0 Å². The lowest BCUT2D eigenvalue weighted by atomic mass is 10.3. The molecule has 58 valence electrons. The number of aromatic nitrogens is 1. The van der Waals surface area contributed by atoms with E-state index in [0.29, 0.717) is 5.90 Å². The van der Waals surface area contributed by atoms with Gasteiger partial charge in [-0.3, -0.25) is 4.98 Å². The van der Waals surface area contributed by atoms with Gasteiger partial charge < -0.3 is 3.07 Å². The SMILES string of the molecule is I/N=C(\OI)c1cccnc1. The first kappa shape index (κ1) is 9.17. The van der Waals surface area contributed by atoms with Crippen molar-refractivity contribution in [2.75, 3.05) is 0 Å². The lowest BCUT2D eigenvalue weighted by Crippen LogP contribution is -1.98. The zero-order valence-electron chi connectivity index (χ0n) is 5.37. The highest BCUT2D eigenvalue weighted by Crippen LogP contribution is 2.05. The quantitative estimate of drug-likeness (QED) is 0.430. The van der Waals surface area contributed by atoms with Gasteiger partial charge in [0.15, 0.2) is 23.0 Å². The van der Waals surface area contributed by atoms with Gasteiger partial charge in [0.25, 0.3) is 0 Å². The topological polar surface area (TPSA) is 34.5 Å². The molecule has 0 saturated carbocycles. The van der Waals surface area contributed by atoms with E-state index < -0.39 is 0 Å². The largest absolute Gasteiger partial charge is 0.407 e. The molecule has 0 amide bonds. The van der Waals surface area contributed by atoms with Crippen LogP contribution in [0.25, 0.3) is 0 Å². The molecule has 1 aromatic rings. The molecule has 0 fully saturated rings. The van der Waals surface area contributed by atoms with Crippen LogP contribution in [0.4, 0.5) is 0 Å². The lowest BCUT2D eigenvalue weighted by molar-refractivity contribution is 0.725. The Morgan fingerprint density at radius 1 is 1.64 bits per heavy atom. The molecule has 1 aromatic heterocycles. The van der Waals surface area contributed by atoms with Crippen LogP contribution in [0.2, 0.25) is 0 Å². The molecular formula is C6H4I2N2O. The van der Waals surface area contributed by atoms with Crippen LogP contribution in [0.15, 0.2) is 27.7 Å². The Morgan fingerprint density at radius 3 is 2.91 bits per heavy atom. The Bertz CT molecular complexity index is 250. The first-order chi connectivity index (χ1) is 5.38. The minimum absolute atomic E-state index is 0.583. The van der Waals surface area contributed by atoms with Crippen LogP contribution in [0, 0.1) is 0 Å². The van der Waals surface area contributed by atoms with E-state index in [9.17, 15) is 0 Å². The van der Waals surface area contributed by atoms with E-state index in [2.05, 4.69) is 8.19 Å². The maximum atomic E-state index is 4.96. The first-order valence-electron chi connectivity index (χ1n) is 2.76. The summed E-state index contributed by atoms with van der Waals surface area (Å²) in [4.78, 5) is 3.93. The molecule has 1 heterocycles. The first-order valence-corrected chi connectivity index (χ1v) is 4.61. The minimum atomic E-state index is 0.583. The summed E-state index contributed by atoms with van der Waals surface area (Å²) in [6.07, 6.45) is 3.41. The van der Waals surface area contributed by atoms with Gasteiger partial charge in [0.1, 0.15) is 0 Å². The zero-order valence-corrected chi connectivity index (χ0v) is 9.68. The summed E-state index contributed by atoms with van der Waals surface area (Å²) in [6.45, 7) is 0. The number of nitrogens with zero attached hydrogens (tertiary/aromatic N) is 2. The van der Waals surface area contributed by atoms with Gasteiger partial charge in [-0.05, 0) is 12.1 Å². The number of hydrogen-bond acceptors (Lipinski definition) is 3. The van der Waals surface area contributed by atoms with Crippen LogP contribution in [0.1, 0.15) is 5.56 Å². The van der Waals surface area contributed by atoms with Gasteiger partial charge in [-0.15, -0.1) is 0 Å². The van der Waals surface area contributed by atoms with Crippen molar-refractivity contribution in [3.05, 3.63) is 30.1 Å². The van der Waals surface area contributed by atoms with Crippen LogP contribution < -0.4 is 0 Å². The smallest absolute Gasteiger partial charge is 0.238 e. The van der Waals surface area contributed by atoms with E-state index in [1.807, 2.05) is 35.0 Å². The molecule has 0 aliphatic rings. The standard InChI is InChI=1S/C6H4I2N2O/c7-10-6(11-8)5-2-1-3-9-4-5/h1-4H/b10-6-. The number of pyridine rings is 1. The second kappa shape index (κ2) is 4.86. The molecule has 11 heavy (non-hydrogen) atoms. The van der Waals surface area contributed by atoms with Crippen molar-refractivity contribution >= 4 is 51.8 Å². The fourth-order valence-corrected chi connectivity index (χ4v) is 1.70. The van der Waals surface area contributed by atoms with E-state index >= 15 is 0 Å². The second-order valence-corrected chi connectivity index (χ2v) is 2.63. The Morgan fingerprint density at radius 2 is 2.45 bits per heavy atom. The fourth-order valence-electron chi connectivity index (χ4n) is 0.596. The van der Waals surface area contributed by atoms with Crippen molar-refractivity contribution in [1.82, 2.24) is 4.98 Å². The van der Waals surface area contributed by atoms with Gasteiger partial charge in [-0.25, -0.2) is 0 Å².